The molecule has 6 heteroatoms. The molecule has 19 heavy (non-hydrogen) atoms. The number of nitrogens with one attached hydrogen (secondary N) is 1. The minimum Gasteiger partial charge on any atom is -0.378 e. The van der Waals surface area contributed by atoms with Crippen LogP contribution in [0.5, 0.6) is 0 Å². The molecule has 0 aliphatic carbocycles. The Bertz CT molecular complexity index is 559. The zero-order valence-electron chi connectivity index (χ0n) is 10.5. The molecule has 1 amide bonds. The largest absolute Gasteiger partial charge is 0.378 e. The van der Waals surface area contributed by atoms with Crippen molar-refractivity contribution in [2.45, 2.75) is 0 Å². The summed E-state index contributed by atoms with van der Waals surface area (Å²) in [5.74, 6) is -0.149. The molecular formula is C13H16N4O2. The average Bonchev–Trinajstić information content (AvgIpc) is 2.46. The van der Waals surface area contributed by atoms with Gasteiger partial charge in [0.25, 0.3) is 5.91 Å². The second kappa shape index (κ2) is 6.77. The molecule has 0 saturated carbocycles. The van der Waals surface area contributed by atoms with Gasteiger partial charge in [-0.15, -0.1) is 0 Å². The summed E-state index contributed by atoms with van der Waals surface area (Å²) < 4.78 is 5.18. The number of carbonyl (C=O) groups is 1. The van der Waals surface area contributed by atoms with Gasteiger partial charge in [-0.1, -0.05) is 0 Å². The summed E-state index contributed by atoms with van der Waals surface area (Å²) >= 11 is 0. The van der Waals surface area contributed by atoms with Crippen LogP contribution in [0.15, 0.2) is 30.6 Å². The average molecular weight is 260 g/mol. The molecule has 6 nitrogen and oxygen atoms in total. The molecule has 0 fully saturated rings. The predicted octanol–water partition coefficient (Wildman–Crippen LogP) is 0.335. The minimum absolute atomic E-state index is 0.149. The molecule has 0 bridgehead atoms. The normalized spacial score (nSPS) is 10.6. The van der Waals surface area contributed by atoms with Gasteiger partial charge >= 0.3 is 0 Å². The number of nitrogens with zero attached hydrogens (tertiary/aromatic N) is 2. The number of hydrogen-bond acceptors (Lipinski definition) is 5. The fraction of sp³-hybridized carbons (Fsp3) is 0.308. The molecule has 0 unspecified atom stereocenters. The van der Waals surface area contributed by atoms with Gasteiger partial charge in [-0.25, -0.2) is 0 Å². The number of rotatable bonds is 6. The van der Waals surface area contributed by atoms with Gasteiger partial charge in [0.05, 0.1) is 24.2 Å². The summed E-state index contributed by atoms with van der Waals surface area (Å²) in [5.41, 5.74) is 7.32. The van der Waals surface area contributed by atoms with Crippen molar-refractivity contribution in [3.05, 3.63) is 36.2 Å². The highest BCUT2D eigenvalue weighted by Crippen LogP contribution is 2.10. The number of hydrogen-bond donors (Lipinski definition) is 2. The van der Waals surface area contributed by atoms with E-state index in [-0.39, 0.29) is 5.91 Å². The Morgan fingerprint density at radius 3 is 2.79 bits per heavy atom. The van der Waals surface area contributed by atoms with E-state index in [9.17, 15) is 4.79 Å². The Morgan fingerprint density at radius 1 is 1.21 bits per heavy atom. The van der Waals surface area contributed by atoms with E-state index in [2.05, 4.69) is 15.3 Å². The van der Waals surface area contributed by atoms with Crippen molar-refractivity contribution < 1.29 is 9.53 Å². The molecule has 1 aromatic heterocycles. The Labute approximate surface area is 111 Å². The van der Waals surface area contributed by atoms with Gasteiger partial charge in [0, 0.05) is 31.0 Å². The maximum Gasteiger partial charge on any atom is 0.251 e. The molecular weight excluding hydrogens is 244 g/mol. The third kappa shape index (κ3) is 3.70. The number of ether oxygens (including phenoxy) is 1. The number of fused-ring (bicyclic) bond motifs is 1. The number of benzene rings is 1. The first kappa shape index (κ1) is 13.4. The van der Waals surface area contributed by atoms with Crippen LogP contribution in [0.4, 0.5) is 0 Å². The Balaban J connectivity index is 1.93. The van der Waals surface area contributed by atoms with Crippen molar-refractivity contribution in [2.24, 2.45) is 5.73 Å². The molecule has 0 radical (unpaired) electrons. The first-order valence-electron chi connectivity index (χ1n) is 6.08. The predicted molar refractivity (Wildman–Crippen MR) is 71.7 cm³/mol. The minimum atomic E-state index is -0.149. The maximum absolute atomic E-state index is 11.9. The first-order valence-corrected chi connectivity index (χ1v) is 6.08. The fourth-order valence-corrected chi connectivity index (χ4v) is 1.63. The zero-order valence-corrected chi connectivity index (χ0v) is 10.5. The van der Waals surface area contributed by atoms with Crippen molar-refractivity contribution in [1.82, 2.24) is 15.3 Å². The van der Waals surface area contributed by atoms with Crippen LogP contribution in [0, 0.1) is 0 Å². The highest BCUT2D eigenvalue weighted by molar-refractivity contribution is 5.97. The van der Waals surface area contributed by atoms with Gasteiger partial charge in [0.15, 0.2) is 0 Å². The lowest BCUT2D eigenvalue weighted by molar-refractivity contribution is 0.0920. The topological polar surface area (TPSA) is 90.1 Å². The van der Waals surface area contributed by atoms with Crippen molar-refractivity contribution in [3.8, 4) is 0 Å². The van der Waals surface area contributed by atoms with E-state index in [0.717, 1.165) is 5.52 Å². The summed E-state index contributed by atoms with van der Waals surface area (Å²) in [4.78, 5) is 20.2. The molecule has 0 atom stereocenters. The Morgan fingerprint density at radius 2 is 2.00 bits per heavy atom. The fourth-order valence-electron chi connectivity index (χ4n) is 1.63. The highest BCUT2D eigenvalue weighted by atomic mass is 16.5. The molecule has 100 valence electrons. The van der Waals surface area contributed by atoms with Gasteiger partial charge < -0.3 is 15.8 Å². The third-order valence-corrected chi connectivity index (χ3v) is 2.53. The maximum atomic E-state index is 11.9. The van der Waals surface area contributed by atoms with Crippen LogP contribution in [-0.4, -0.2) is 42.2 Å². The lowest BCUT2D eigenvalue weighted by atomic mass is 10.2. The van der Waals surface area contributed by atoms with Crippen molar-refractivity contribution in [2.75, 3.05) is 26.3 Å². The van der Waals surface area contributed by atoms with E-state index in [4.69, 9.17) is 10.5 Å². The quantitative estimate of drug-likeness (QED) is 0.731. The second-order valence-corrected chi connectivity index (χ2v) is 3.92. The van der Waals surface area contributed by atoms with Gasteiger partial charge in [-0.3, -0.25) is 14.8 Å². The number of nitrogens with two attached hydrogens (primary N) is 1. The Kier molecular flexibility index (Phi) is 4.77. The molecule has 3 N–H and O–H groups in total. The van der Waals surface area contributed by atoms with Crippen molar-refractivity contribution in [3.63, 3.8) is 0 Å². The molecule has 2 rings (SSSR count). The van der Waals surface area contributed by atoms with Crippen LogP contribution in [0.3, 0.4) is 0 Å². The highest BCUT2D eigenvalue weighted by Gasteiger charge is 2.06. The smallest absolute Gasteiger partial charge is 0.251 e. The summed E-state index contributed by atoms with van der Waals surface area (Å²) in [6.45, 7) is 1.90. The van der Waals surface area contributed by atoms with Crippen molar-refractivity contribution >= 4 is 16.9 Å². The molecule has 1 aromatic carbocycles. The van der Waals surface area contributed by atoms with Crippen LogP contribution < -0.4 is 11.1 Å². The number of carbonyl (C=O) groups excluding carboxylic acids is 1. The van der Waals surface area contributed by atoms with Crippen LogP contribution in [0.2, 0.25) is 0 Å². The molecule has 2 aromatic rings. The molecule has 1 heterocycles. The van der Waals surface area contributed by atoms with E-state index in [0.29, 0.717) is 37.4 Å². The van der Waals surface area contributed by atoms with Crippen LogP contribution >= 0.6 is 0 Å². The van der Waals surface area contributed by atoms with Crippen LogP contribution in [0.1, 0.15) is 10.4 Å². The zero-order chi connectivity index (χ0) is 13.5. The summed E-state index contributed by atoms with van der Waals surface area (Å²) in [6.07, 6.45) is 3.22. The second-order valence-electron chi connectivity index (χ2n) is 3.92. The monoisotopic (exact) mass is 260 g/mol. The van der Waals surface area contributed by atoms with E-state index < -0.39 is 0 Å². The summed E-state index contributed by atoms with van der Waals surface area (Å²) in [5, 5.41) is 2.77. The van der Waals surface area contributed by atoms with E-state index in [1.54, 1.807) is 30.6 Å². The molecule has 0 saturated heterocycles. The van der Waals surface area contributed by atoms with E-state index >= 15 is 0 Å². The van der Waals surface area contributed by atoms with Gasteiger partial charge in [-0.05, 0) is 18.2 Å². The van der Waals surface area contributed by atoms with Gasteiger partial charge in [0.2, 0.25) is 0 Å². The SMILES string of the molecule is NCCOCCNC(=O)c1ccc2nccnc2c1. The standard InChI is InChI=1S/C13H16N4O2/c14-3-7-19-8-6-17-13(18)10-1-2-11-12(9-10)16-5-4-15-11/h1-2,4-5,9H,3,6-8,14H2,(H,17,18). The lowest BCUT2D eigenvalue weighted by Gasteiger charge is -2.06. The van der Waals surface area contributed by atoms with Crippen LogP contribution in [0.25, 0.3) is 11.0 Å². The lowest BCUT2D eigenvalue weighted by Crippen LogP contribution is -2.27. The Hall–Kier alpha value is -2.05. The van der Waals surface area contributed by atoms with Gasteiger partial charge in [0.1, 0.15) is 0 Å². The van der Waals surface area contributed by atoms with Crippen molar-refractivity contribution in [1.29, 1.82) is 0 Å². The van der Waals surface area contributed by atoms with Crippen LogP contribution in [-0.2, 0) is 4.74 Å². The van der Waals surface area contributed by atoms with Gasteiger partial charge in [-0.2, -0.15) is 0 Å². The third-order valence-electron chi connectivity index (χ3n) is 2.53. The first-order chi connectivity index (χ1) is 9.31. The summed E-state index contributed by atoms with van der Waals surface area (Å²) in [6, 6.07) is 5.23. The molecule has 0 spiro atoms. The summed E-state index contributed by atoms with van der Waals surface area (Å²) in [7, 11) is 0. The number of amides is 1. The van der Waals surface area contributed by atoms with E-state index in [1.807, 2.05) is 0 Å². The number of aromatic nitrogens is 2. The molecule has 0 aliphatic heterocycles. The van der Waals surface area contributed by atoms with E-state index in [1.165, 1.54) is 0 Å². The molecule has 0 aliphatic rings.